The SMILES string of the molecule is Cc1ccc(CN2C=CN(Cc3ccccc3)C2)cc1.Cl. The predicted octanol–water partition coefficient (Wildman–Crippen LogP) is 4.16. The molecule has 110 valence electrons. The Morgan fingerprint density at radius 3 is 1.86 bits per heavy atom. The standard InChI is InChI=1S/C18H20N2.ClH/c1-16-7-9-18(10-8-16)14-20-12-11-19(15-20)13-17-5-3-2-4-6-17;/h2-12H,13-15H2,1H3;1H. The Kier molecular flexibility index (Phi) is 5.29. The quantitative estimate of drug-likeness (QED) is 0.836. The molecule has 0 unspecified atom stereocenters. The highest BCUT2D eigenvalue weighted by atomic mass is 35.5. The maximum atomic E-state index is 2.34. The third-order valence-corrected chi connectivity index (χ3v) is 3.59. The maximum Gasteiger partial charge on any atom is 0.0900 e. The van der Waals surface area contributed by atoms with Gasteiger partial charge >= 0.3 is 0 Å². The number of benzene rings is 2. The van der Waals surface area contributed by atoms with Crippen LogP contribution in [0.2, 0.25) is 0 Å². The lowest BCUT2D eigenvalue weighted by Crippen LogP contribution is -2.24. The van der Waals surface area contributed by atoms with Gasteiger partial charge in [-0.15, -0.1) is 12.4 Å². The maximum absolute atomic E-state index is 2.34. The number of aryl methyl sites for hydroxylation is 1. The zero-order chi connectivity index (χ0) is 13.8. The van der Waals surface area contributed by atoms with Gasteiger partial charge in [-0.2, -0.15) is 0 Å². The van der Waals surface area contributed by atoms with E-state index in [1.54, 1.807) is 0 Å². The van der Waals surface area contributed by atoms with Crippen molar-refractivity contribution in [1.29, 1.82) is 0 Å². The Hall–Kier alpha value is -1.93. The lowest BCUT2D eigenvalue weighted by Gasteiger charge is -2.21. The van der Waals surface area contributed by atoms with Gasteiger partial charge in [-0.3, -0.25) is 0 Å². The van der Waals surface area contributed by atoms with Gasteiger partial charge in [0, 0.05) is 25.5 Å². The Labute approximate surface area is 133 Å². The minimum atomic E-state index is 0. The van der Waals surface area contributed by atoms with E-state index >= 15 is 0 Å². The average molecular weight is 301 g/mol. The van der Waals surface area contributed by atoms with Crippen LogP contribution in [0, 0.1) is 6.92 Å². The molecule has 2 nitrogen and oxygen atoms in total. The predicted molar refractivity (Wildman–Crippen MR) is 90.0 cm³/mol. The molecule has 21 heavy (non-hydrogen) atoms. The number of rotatable bonds is 4. The van der Waals surface area contributed by atoms with Crippen LogP contribution in [0.25, 0.3) is 0 Å². The van der Waals surface area contributed by atoms with Gasteiger partial charge in [0.2, 0.25) is 0 Å². The second kappa shape index (κ2) is 7.19. The molecule has 1 aliphatic heterocycles. The second-order valence-electron chi connectivity index (χ2n) is 5.40. The summed E-state index contributed by atoms with van der Waals surface area (Å²) in [6.45, 7) is 5.04. The van der Waals surface area contributed by atoms with E-state index < -0.39 is 0 Å². The molecule has 2 aromatic rings. The van der Waals surface area contributed by atoms with Crippen molar-refractivity contribution in [2.45, 2.75) is 20.0 Å². The van der Waals surface area contributed by atoms with Crippen molar-refractivity contribution in [3.63, 3.8) is 0 Å². The number of hydrogen-bond donors (Lipinski definition) is 0. The first kappa shape index (κ1) is 15.5. The summed E-state index contributed by atoms with van der Waals surface area (Å²) in [7, 11) is 0. The zero-order valence-electron chi connectivity index (χ0n) is 12.3. The van der Waals surface area contributed by atoms with Gasteiger partial charge in [0.1, 0.15) is 0 Å². The third kappa shape index (κ3) is 4.27. The summed E-state index contributed by atoms with van der Waals surface area (Å²) in [4.78, 5) is 4.68. The molecule has 0 radical (unpaired) electrons. The summed E-state index contributed by atoms with van der Waals surface area (Å²) < 4.78 is 0. The lowest BCUT2D eigenvalue weighted by atomic mass is 10.1. The Morgan fingerprint density at radius 2 is 1.29 bits per heavy atom. The first-order valence-electron chi connectivity index (χ1n) is 7.05. The van der Waals surface area contributed by atoms with Crippen LogP contribution in [0.4, 0.5) is 0 Å². The van der Waals surface area contributed by atoms with Crippen LogP contribution < -0.4 is 0 Å². The van der Waals surface area contributed by atoms with Crippen LogP contribution in [-0.4, -0.2) is 16.5 Å². The molecule has 0 spiro atoms. The molecule has 0 amide bonds. The van der Waals surface area contributed by atoms with Gasteiger partial charge < -0.3 is 9.80 Å². The van der Waals surface area contributed by atoms with E-state index in [9.17, 15) is 0 Å². The lowest BCUT2D eigenvalue weighted by molar-refractivity contribution is 0.255. The fourth-order valence-corrected chi connectivity index (χ4v) is 2.47. The van der Waals surface area contributed by atoms with Gasteiger partial charge in [0.15, 0.2) is 0 Å². The van der Waals surface area contributed by atoms with E-state index in [0.717, 1.165) is 19.8 Å². The fraction of sp³-hybridized carbons (Fsp3) is 0.222. The highest BCUT2D eigenvalue weighted by Crippen LogP contribution is 2.15. The Balaban J connectivity index is 0.00000161. The van der Waals surface area contributed by atoms with E-state index in [1.807, 2.05) is 0 Å². The Morgan fingerprint density at radius 1 is 0.762 bits per heavy atom. The van der Waals surface area contributed by atoms with E-state index in [1.165, 1.54) is 16.7 Å². The van der Waals surface area contributed by atoms with Crippen molar-refractivity contribution in [3.8, 4) is 0 Å². The molecule has 0 saturated heterocycles. The van der Waals surface area contributed by atoms with E-state index in [-0.39, 0.29) is 12.4 Å². The van der Waals surface area contributed by atoms with Crippen molar-refractivity contribution < 1.29 is 0 Å². The third-order valence-electron chi connectivity index (χ3n) is 3.59. The first-order valence-corrected chi connectivity index (χ1v) is 7.05. The molecule has 0 atom stereocenters. The van der Waals surface area contributed by atoms with Gasteiger partial charge in [-0.25, -0.2) is 0 Å². The molecule has 2 aromatic carbocycles. The molecule has 3 rings (SSSR count). The molecule has 0 bridgehead atoms. The monoisotopic (exact) mass is 300 g/mol. The summed E-state index contributed by atoms with van der Waals surface area (Å²) in [6.07, 6.45) is 4.37. The van der Waals surface area contributed by atoms with Gasteiger partial charge in [0.05, 0.1) is 6.67 Å². The van der Waals surface area contributed by atoms with Crippen molar-refractivity contribution in [2.75, 3.05) is 6.67 Å². The number of nitrogens with zero attached hydrogens (tertiary/aromatic N) is 2. The summed E-state index contributed by atoms with van der Waals surface area (Å²) in [5.74, 6) is 0. The van der Waals surface area contributed by atoms with Crippen molar-refractivity contribution in [2.24, 2.45) is 0 Å². The Bertz CT molecular complexity index is 578. The van der Waals surface area contributed by atoms with Crippen LogP contribution in [0.3, 0.4) is 0 Å². The summed E-state index contributed by atoms with van der Waals surface area (Å²) >= 11 is 0. The largest absolute Gasteiger partial charge is 0.354 e. The van der Waals surface area contributed by atoms with Crippen LogP contribution in [0.5, 0.6) is 0 Å². The molecule has 0 fully saturated rings. The molecule has 3 heteroatoms. The molecule has 1 aliphatic rings. The first-order chi connectivity index (χ1) is 9.79. The molecular formula is C18H21ClN2. The molecule has 0 N–H and O–H groups in total. The average Bonchev–Trinajstić information content (AvgIpc) is 2.90. The fourth-order valence-electron chi connectivity index (χ4n) is 2.47. The van der Waals surface area contributed by atoms with E-state index in [0.29, 0.717) is 0 Å². The molecule has 1 heterocycles. The van der Waals surface area contributed by atoms with Crippen LogP contribution in [-0.2, 0) is 13.1 Å². The van der Waals surface area contributed by atoms with E-state index in [2.05, 4.69) is 83.7 Å². The summed E-state index contributed by atoms with van der Waals surface area (Å²) in [5, 5.41) is 0. The van der Waals surface area contributed by atoms with Gasteiger partial charge in [-0.05, 0) is 18.1 Å². The molecule has 0 aromatic heterocycles. The normalized spacial score (nSPS) is 13.4. The van der Waals surface area contributed by atoms with Gasteiger partial charge in [0.25, 0.3) is 0 Å². The minimum Gasteiger partial charge on any atom is -0.354 e. The smallest absolute Gasteiger partial charge is 0.0900 e. The molecule has 0 saturated carbocycles. The minimum absolute atomic E-state index is 0. The van der Waals surface area contributed by atoms with Crippen LogP contribution >= 0.6 is 12.4 Å². The van der Waals surface area contributed by atoms with Crippen LogP contribution in [0.1, 0.15) is 16.7 Å². The highest BCUT2D eigenvalue weighted by Gasteiger charge is 2.12. The zero-order valence-corrected chi connectivity index (χ0v) is 13.1. The van der Waals surface area contributed by atoms with Crippen molar-refractivity contribution in [3.05, 3.63) is 83.7 Å². The number of halogens is 1. The second-order valence-corrected chi connectivity index (χ2v) is 5.40. The topological polar surface area (TPSA) is 6.48 Å². The van der Waals surface area contributed by atoms with Crippen molar-refractivity contribution >= 4 is 12.4 Å². The van der Waals surface area contributed by atoms with E-state index in [4.69, 9.17) is 0 Å². The van der Waals surface area contributed by atoms with Gasteiger partial charge in [-0.1, -0.05) is 60.2 Å². The van der Waals surface area contributed by atoms with Crippen molar-refractivity contribution in [1.82, 2.24) is 9.80 Å². The summed E-state index contributed by atoms with van der Waals surface area (Å²) in [5.41, 5.74) is 4.03. The highest BCUT2D eigenvalue weighted by molar-refractivity contribution is 5.85. The molecular weight excluding hydrogens is 280 g/mol. The number of hydrogen-bond acceptors (Lipinski definition) is 2. The summed E-state index contributed by atoms with van der Waals surface area (Å²) in [6, 6.07) is 19.4. The molecule has 0 aliphatic carbocycles. The van der Waals surface area contributed by atoms with Crippen LogP contribution in [0.15, 0.2) is 67.0 Å².